The Labute approximate surface area is 174 Å². The molecular formula is C22H23N3O3S. The largest absolute Gasteiger partial charge is 0.455 e. The van der Waals surface area contributed by atoms with E-state index in [0.29, 0.717) is 17.3 Å². The van der Waals surface area contributed by atoms with Crippen molar-refractivity contribution in [1.29, 1.82) is 0 Å². The molecule has 1 atom stereocenters. The number of nitrogens with zero attached hydrogens (tertiary/aromatic N) is 2. The third kappa shape index (κ3) is 5.96. The van der Waals surface area contributed by atoms with Crippen molar-refractivity contribution in [2.24, 2.45) is 0 Å². The molecule has 0 radical (unpaired) electrons. The molecule has 1 N–H and O–H groups in total. The van der Waals surface area contributed by atoms with E-state index in [4.69, 9.17) is 4.74 Å². The van der Waals surface area contributed by atoms with Crippen LogP contribution in [-0.4, -0.2) is 28.5 Å². The topological polar surface area (TPSA) is 81.2 Å². The monoisotopic (exact) mass is 409 g/mol. The van der Waals surface area contributed by atoms with Gasteiger partial charge in [-0.05, 0) is 42.2 Å². The SMILES string of the molecule is CC[C@H](C)c1ccc(NC(=O)COC(=O)Cc2csc(-c3cccnc3)n2)cc1. The number of anilines is 1. The summed E-state index contributed by atoms with van der Waals surface area (Å²) in [5, 5.41) is 5.33. The second-order valence-corrected chi connectivity index (χ2v) is 7.56. The number of benzene rings is 1. The van der Waals surface area contributed by atoms with Crippen LogP contribution in [0.2, 0.25) is 0 Å². The lowest BCUT2D eigenvalue weighted by Gasteiger charge is -2.10. The molecule has 0 unspecified atom stereocenters. The summed E-state index contributed by atoms with van der Waals surface area (Å²) in [6.45, 7) is 3.97. The van der Waals surface area contributed by atoms with E-state index in [1.807, 2.05) is 41.8 Å². The summed E-state index contributed by atoms with van der Waals surface area (Å²) < 4.78 is 5.08. The first kappa shape index (κ1) is 20.7. The van der Waals surface area contributed by atoms with E-state index in [-0.39, 0.29) is 18.9 Å². The van der Waals surface area contributed by atoms with Crippen molar-refractivity contribution in [3.8, 4) is 10.6 Å². The zero-order valence-electron chi connectivity index (χ0n) is 16.4. The fourth-order valence-corrected chi connectivity index (χ4v) is 3.49. The predicted molar refractivity (Wildman–Crippen MR) is 114 cm³/mol. The molecule has 0 aliphatic carbocycles. The van der Waals surface area contributed by atoms with Gasteiger partial charge in [-0.25, -0.2) is 4.98 Å². The molecule has 29 heavy (non-hydrogen) atoms. The molecule has 0 fully saturated rings. The van der Waals surface area contributed by atoms with Gasteiger partial charge in [-0.1, -0.05) is 26.0 Å². The lowest BCUT2D eigenvalue weighted by molar-refractivity contribution is -0.146. The number of carbonyl (C=O) groups excluding carboxylic acids is 2. The van der Waals surface area contributed by atoms with Crippen molar-refractivity contribution in [3.63, 3.8) is 0 Å². The molecular weight excluding hydrogens is 386 g/mol. The molecule has 0 spiro atoms. The summed E-state index contributed by atoms with van der Waals surface area (Å²) >= 11 is 1.44. The van der Waals surface area contributed by atoms with Crippen molar-refractivity contribution < 1.29 is 14.3 Å². The molecule has 6 nitrogen and oxygen atoms in total. The molecule has 1 amide bonds. The number of carbonyl (C=O) groups is 2. The minimum Gasteiger partial charge on any atom is -0.455 e. The van der Waals surface area contributed by atoms with Crippen LogP contribution in [0.4, 0.5) is 5.69 Å². The number of pyridine rings is 1. The number of rotatable bonds is 8. The number of hydrogen-bond donors (Lipinski definition) is 1. The highest BCUT2D eigenvalue weighted by atomic mass is 32.1. The number of thiazole rings is 1. The summed E-state index contributed by atoms with van der Waals surface area (Å²) in [6.07, 6.45) is 4.50. The molecule has 0 aliphatic heterocycles. The van der Waals surface area contributed by atoms with Gasteiger partial charge < -0.3 is 10.1 Å². The van der Waals surface area contributed by atoms with Crippen molar-refractivity contribution >= 4 is 28.9 Å². The molecule has 0 saturated carbocycles. The van der Waals surface area contributed by atoms with Crippen molar-refractivity contribution in [3.05, 3.63) is 65.4 Å². The summed E-state index contributed by atoms with van der Waals surface area (Å²) in [5.74, 6) is -0.385. The zero-order chi connectivity index (χ0) is 20.6. The first-order chi connectivity index (χ1) is 14.0. The quantitative estimate of drug-likeness (QED) is 0.556. The Morgan fingerprint density at radius 1 is 1.21 bits per heavy atom. The lowest BCUT2D eigenvalue weighted by Crippen LogP contribution is -2.21. The molecule has 0 saturated heterocycles. The van der Waals surface area contributed by atoms with Gasteiger partial charge in [-0.15, -0.1) is 11.3 Å². The third-order valence-corrected chi connectivity index (χ3v) is 5.47. The van der Waals surface area contributed by atoms with E-state index in [2.05, 4.69) is 29.1 Å². The molecule has 0 bridgehead atoms. The van der Waals surface area contributed by atoms with E-state index in [9.17, 15) is 9.59 Å². The van der Waals surface area contributed by atoms with E-state index in [1.54, 1.807) is 12.4 Å². The molecule has 3 aromatic rings. The van der Waals surface area contributed by atoms with Gasteiger partial charge in [0.25, 0.3) is 5.91 Å². The van der Waals surface area contributed by atoms with E-state index in [1.165, 1.54) is 16.9 Å². The van der Waals surface area contributed by atoms with Crippen LogP contribution in [0.15, 0.2) is 54.2 Å². The van der Waals surface area contributed by atoms with Crippen LogP contribution in [0.5, 0.6) is 0 Å². The van der Waals surface area contributed by atoms with E-state index < -0.39 is 5.97 Å². The van der Waals surface area contributed by atoms with Gasteiger partial charge in [0.2, 0.25) is 0 Å². The number of ether oxygens (including phenoxy) is 1. The highest BCUT2D eigenvalue weighted by molar-refractivity contribution is 7.13. The van der Waals surface area contributed by atoms with Gasteiger partial charge in [-0.3, -0.25) is 14.6 Å². The van der Waals surface area contributed by atoms with Crippen LogP contribution in [0.1, 0.15) is 37.4 Å². The minimum absolute atomic E-state index is 0.0215. The van der Waals surface area contributed by atoms with E-state index >= 15 is 0 Å². The van der Waals surface area contributed by atoms with Gasteiger partial charge in [0.1, 0.15) is 5.01 Å². The number of nitrogens with one attached hydrogen (secondary N) is 1. The summed E-state index contributed by atoms with van der Waals surface area (Å²) in [7, 11) is 0. The highest BCUT2D eigenvalue weighted by Gasteiger charge is 2.12. The molecule has 2 aromatic heterocycles. The molecule has 7 heteroatoms. The third-order valence-electron chi connectivity index (χ3n) is 4.53. The Morgan fingerprint density at radius 2 is 2.00 bits per heavy atom. The molecule has 0 aliphatic rings. The normalized spacial score (nSPS) is 11.7. The van der Waals surface area contributed by atoms with Crippen LogP contribution >= 0.6 is 11.3 Å². The number of amides is 1. The summed E-state index contributed by atoms with van der Waals surface area (Å²) in [5.41, 5.74) is 3.42. The second-order valence-electron chi connectivity index (χ2n) is 6.70. The second kappa shape index (κ2) is 9.93. The Kier molecular flexibility index (Phi) is 7.08. The van der Waals surface area contributed by atoms with Crippen molar-refractivity contribution in [2.75, 3.05) is 11.9 Å². The Bertz CT molecular complexity index is 955. The maximum absolute atomic E-state index is 12.0. The van der Waals surface area contributed by atoms with Gasteiger partial charge >= 0.3 is 5.97 Å². The molecule has 150 valence electrons. The van der Waals surface area contributed by atoms with Gasteiger partial charge in [0.05, 0.1) is 12.1 Å². The molecule has 1 aromatic carbocycles. The molecule has 2 heterocycles. The van der Waals surface area contributed by atoms with Crippen LogP contribution in [0, 0.1) is 0 Å². The van der Waals surface area contributed by atoms with E-state index in [0.717, 1.165) is 17.0 Å². The van der Waals surface area contributed by atoms with Crippen LogP contribution in [-0.2, 0) is 20.7 Å². The smallest absolute Gasteiger partial charge is 0.312 e. The number of esters is 1. The maximum atomic E-state index is 12.0. The average molecular weight is 410 g/mol. The van der Waals surface area contributed by atoms with Gasteiger partial charge in [-0.2, -0.15) is 0 Å². The van der Waals surface area contributed by atoms with Crippen molar-refractivity contribution in [2.45, 2.75) is 32.6 Å². The zero-order valence-corrected chi connectivity index (χ0v) is 17.2. The van der Waals surface area contributed by atoms with Gasteiger partial charge in [0, 0.05) is 29.0 Å². The predicted octanol–water partition coefficient (Wildman–Crippen LogP) is 4.44. The highest BCUT2D eigenvalue weighted by Crippen LogP contribution is 2.23. The van der Waals surface area contributed by atoms with Gasteiger partial charge in [0.15, 0.2) is 6.61 Å². The minimum atomic E-state index is -0.490. The average Bonchev–Trinajstić information content (AvgIpc) is 3.21. The fraction of sp³-hybridized carbons (Fsp3) is 0.273. The lowest BCUT2D eigenvalue weighted by atomic mass is 9.99. The first-order valence-electron chi connectivity index (χ1n) is 9.45. The summed E-state index contributed by atoms with van der Waals surface area (Å²) in [4.78, 5) is 32.5. The Hall–Kier alpha value is -3.06. The number of hydrogen-bond acceptors (Lipinski definition) is 6. The van der Waals surface area contributed by atoms with Crippen molar-refractivity contribution in [1.82, 2.24) is 9.97 Å². The Balaban J connectivity index is 1.45. The molecule has 3 rings (SSSR count). The Morgan fingerprint density at radius 3 is 2.69 bits per heavy atom. The van der Waals surface area contributed by atoms with Crippen LogP contribution < -0.4 is 5.32 Å². The van der Waals surface area contributed by atoms with Crippen LogP contribution in [0.3, 0.4) is 0 Å². The maximum Gasteiger partial charge on any atom is 0.312 e. The van der Waals surface area contributed by atoms with Crippen LogP contribution in [0.25, 0.3) is 10.6 Å². The fourth-order valence-electron chi connectivity index (χ4n) is 2.68. The first-order valence-corrected chi connectivity index (χ1v) is 10.3. The number of aromatic nitrogens is 2. The standard InChI is InChI=1S/C22H23N3O3S/c1-3-15(2)16-6-8-18(9-7-16)24-20(26)13-28-21(27)11-19-14-29-22(25-19)17-5-4-10-23-12-17/h4-10,12,14-15H,3,11,13H2,1-2H3,(H,24,26)/t15-/m0/s1. The summed E-state index contributed by atoms with van der Waals surface area (Å²) in [6, 6.07) is 11.5.